The lowest BCUT2D eigenvalue weighted by molar-refractivity contribution is -0.0402. The first-order valence-electron chi connectivity index (χ1n) is 10.0. The zero-order valence-corrected chi connectivity index (χ0v) is 15.6. The van der Waals surface area contributed by atoms with Gasteiger partial charge in [0.25, 0.3) is 0 Å². The standard InChI is InChI=1S/C22H26N4O/c1-2-6-17(7-3-1)14-26-20-10-18(11-21(26)16-27-15-20)19-12-23-22(24-13-19)25-8-4-5-9-25/h1-3,6-7,10,12-13,20-21H,4-5,8-9,11,14-16H2. The minimum absolute atomic E-state index is 0.325. The topological polar surface area (TPSA) is 41.5 Å². The van der Waals surface area contributed by atoms with Gasteiger partial charge in [0.15, 0.2) is 0 Å². The zero-order valence-electron chi connectivity index (χ0n) is 15.6. The molecule has 2 fully saturated rings. The number of fused-ring (bicyclic) bond motifs is 2. The number of ether oxygens (including phenoxy) is 1. The van der Waals surface area contributed by atoms with E-state index in [-0.39, 0.29) is 0 Å². The van der Waals surface area contributed by atoms with E-state index in [1.807, 2.05) is 12.4 Å². The third kappa shape index (κ3) is 3.49. The molecule has 5 nitrogen and oxygen atoms in total. The van der Waals surface area contributed by atoms with Gasteiger partial charge in [-0.2, -0.15) is 0 Å². The van der Waals surface area contributed by atoms with Crippen molar-refractivity contribution in [2.75, 3.05) is 31.2 Å². The van der Waals surface area contributed by atoms with Crippen LogP contribution in [0.5, 0.6) is 0 Å². The first-order chi connectivity index (χ1) is 13.4. The fourth-order valence-electron chi connectivity index (χ4n) is 4.48. The number of morpholine rings is 1. The predicted molar refractivity (Wildman–Crippen MR) is 106 cm³/mol. The average Bonchev–Trinajstić information content (AvgIpc) is 3.24. The quantitative estimate of drug-likeness (QED) is 0.836. The van der Waals surface area contributed by atoms with E-state index >= 15 is 0 Å². The molecule has 5 rings (SSSR count). The van der Waals surface area contributed by atoms with Crippen LogP contribution in [0, 0.1) is 0 Å². The lowest BCUT2D eigenvalue weighted by Crippen LogP contribution is -2.53. The second kappa shape index (κ2) is 7.41. The normalized spacial score (nSPS) is 25.5. The summed E-state index contributed by atoms with van der Waals surface area (Å²) in [6, 6.07) is 11.5. The molecular formula is C22H26N4O. The van der Waals surface area contributed by atoms with Gasteiger partial charge in [-0.15, -0.1) is 0 Å². The van der Waals surface area contributed by atoms with Gasteiger partial charge in [0.05, 0.1) is 19.3 Å². The molecule has 0 N–H and O–H groups in total. The van der Waals surface area contributed by atoms with E-state index in [0.717, 1.165) is 50.8 Å². The Morgan fingerprint density at radius 2 is 1.78 bits per heavy atom. The Hall–Kier alpha value is -2.24. The maximum absolute atomic E-state index is 5.85. The van der Waals surface area contributed by atoms with E-state index in [2.05, 4.69) is 56.2 Å². The maximum Gasteiger partial charge on any atom is 0.225 e. The molecule has 2 bridgehead atoms. The highest BCUT2D eigenvalue weighted by Crippen LogP contribution is 2.33. The van der Waals surface area contributed by atoms with E-state index in [9.17, 15) is 0 Å². The first kappa shape index (κ1) is 16.9. The summed E-state index contributed by atoms with van der Waals surface area (Å²) in [4.78, 5) is 14.2. The number of aromatic nitrogens is 2. The zero-order chi connectivity index (χ0) is 18.1. The van der Waals surface area contributed by atoms with Crippen molar-refractivity contribution < 1.29 is 4.74 Å². The van der Waals surface area contributed by atoms with Crippen LogP contribution in [0.25, 0.3) is 5.57 Å². The largest absolute Gasteiger partial charge is 0.378 e. The third-order valence-corrected chi connectivity index (χ3v) is 5.95. The smallest absolute Gasteiger partial charge is 0.225 e. The highest BCUT2D eigenvalue weighted by Gasteiger charge is 2.35. The molecule has 0 radical (unpaired) electrons. The summed E-state index contributed by atoms with van der Waals surface area (Å²) in [5.41, 5.74) is 3.89. The van der Waals surface area contributed by atoms with Crippen molar-refractivity contribution in [3.05, 3.63) is 59.9 Å². The van der Waals surface area contributed by atoms with Gasteiger partial charge < -0.3 is 9.64 Å². The predicted octanol–water partition coefficient (Wildman–Crippen LogP) is 3.13. The van der Waals surface area contributed by atoms with Gasteiger partial charge in [-0.1, -0.05) is 36.4 Å². The summed E-state index contributed by atoms with van der Waals surface area (Å²) in [6.07, 6.45) is 9.88. The Bertz CT molecular complexity index is 799. The van der Waals surface area contributed by atoms with Crippen molar-refractivity contribution in [2.45, 2.75) is 37.9 Å². The van der Waals surface area contributed by atoms with Crippen molar-refractivity contribution in [1.29, 1.82) is 0 Å². The Morgan fingerprint density at radius 3 is 2.52 bits per heavy atom. The molecule has 2 atom stereocenters. The molecule has 3 aliphatic rings. The Balaban J connectivity index is 1.35. The van der Waals surface area contributed by atoms with Crippen LogP contribution in [-0.4, -0.2) is 53.3 Å². The van der Waals surface area contributed by atoms with E-state index in [1.54, 1.807) is 0 Å². The summed E-state index contributed by atoms with van der Waals surface area (Å²) >= 11 is 0. The molecule has 0 saturated carbocycles. The third-order valence-electron chi connectivity index (χ3n) is 5.95. The van der Waals surface area contributed by atoms with Gasteiger partial charge in [-0.05, 0) is 30.4 Å². The van der Waals surface area contributed by atoms with E-state index in [0.29, 0.717) is 12.1 Å². The lowest BCUT2D eigenvalue weighted by Gasteiger charge is -2.44. The monoisotopic (exact) mass is 362 g/mol. The van der Waals surface area contributed by atoms with Gasteiger partial charge in [0, 0.05) is 43.6 Å². The number of nitrogens with zero attached hydrogens (tertiary/aromatic N) is 4. The summed E-state index contributed by atoms with van der Waals surface area (Å²) in [5.74, 6) is 0.877. The van der Waals surface area contributed by atoms with Crippen LogP contribution in [0.2, 0.25) is 0 Å². The average molecular weight is 362 g/mol. The molecule has 0 spiro atoms. The molecule has 2 saturated heterocycles. The molecule has 1 aromatic carbocycles. The number of anilines is 1. The number of hydrogen-bond donors (Lipinski definition) is 0. The molecule has 27 heavy (non-hydrogen) atoms. The van der Waals surface area contributed by atoms with Gasteiger partial charge in [-0.3, -0.25) is 4.90 Å². The minimum atomic E-state index is 0.325. The Morgan fingerprint density at radius 1 is 1.00 bits per heavy atom. The van der Waals surface area contributed by atoms with Gasteiger partial charge in [-0.25, -0.2) is 9.97 Å². The molecule has 5 heteroatoms. The van der Waals surface area contributed by atoms with Crippen LogP contribution in [0.15, 0.2) is 48.8 Å². The number of benzene rings is 1. The van der Waals surface area contributed by atoms with Crippen molar-refractivity contribution in [3.8, 4) is 0 Å². The Labute approximate surface area is 160 Å². The second-order valence-electron chi connectivity index (χ2n) is 7.78. The second-order valence-corrected chi connectivity index (χ2v) is 7.78. The minimum Gasteiger partial charge on any atom is -0.378 e. The maximum atomic E-state index is 5.85. The van der Waals surface area contributed by atoms with E-state index in [1.165, 1.54) is 24.0 Å². The first-order valence-corrected chi connectivity index (χ1v) is 10.0. The van der Waals surface area contributed by atoms with Crippen LogP contribution < -0.4 is 4.90 Å². The van der Waals surface area contributed by atoms with Crippen molar-refractivity contribution >= 4 is 11.5 Å². The van der Waals surface area contributed by atoms with Crippen LogP contribution >= 0.6 is 0 Å². The fraction of sp³-hybridized carbons (Fsp3) is 0.455. The van der Waals surface area contributed by atoms with Crippen LogP contribution in [0.1, 0.15) is 30.4 Å². The van der Waals surface area contributed by atoms with Gasteiger partial charge in [0.1, 0.15) is 0 Å². The van der Waals surface area contributed by atoms with Crippen molar-refractivity contribution in [3.63, 3.8) is 0 Å². The van der Waals surface area contributed by atoms with E-state index < -0.39 is 0 Å². The van der Waals surface area contributed by atoms with Crippen molar-refractivity contribution in [1.82, 2.24) is 14.9 Å². The lowest BCUT2D eigenvalue weighted by atomic mass is 9.90. The van der Waals surface area contributed by atoms with Crippen LogP contribution in [0.3, 0.4) is 0 Å². The fourth-order valence-corrected chi connectivity index (χ4v) is 4.48. The highest BCUT2D eigenvalue weighted by molar-refractivity contribution is 5.67. The molecule has 0 amide bonds. The summed E-state index contributed by atoms with van der Waals surface area (Å²) in [5, 5.41) is 0. The molecule has 1 aromatic heterocycles. The summed E-state index contributed by atoms with van der Waals surface area (Å²) in [7, 11) is 0. The molecular weight excluding hydrogens is 336 g/mol. The molecule has 2 aromatic rings. The molecule has 3 aliphatic heterocycles. The Kier molecular flexibility index (Phi) is 4.64. The molecule has 140 valence electrons. The van der Waals surface area contributed by atoms with E-state index in [4.69, 9.17) is 4.74 Å². The summed E-state index contributed by atoms with van der Waals surface area (Å²) in [6.45, 7) is 4.70. The summed E-state index contributed by atoms with van der Waals surface area (Å²) < 4.78 is 5.85. The molecule has 0 aliphatic carbocycles. The van der Waals surface area contributed by atoms with Gasteiger partial charge in [0.2, 0.25) is 5.95 Å². The van der Waals surface area contributed by atoms with Gasteiger partial charge >= 0.3 is 0 Å². The van der Waals surface area contributed by atoms with Crippen LogP contribution in [-0.2, 0) is 11.3 Å². The van der Waals surface area contributed by atoms with Crippen molar-refractivity contribution in [2.24, 2.45) is 0 Å². The number of rotatable bonds is 4. The number of hydrogen-bond acceptors (Lipinski definition) is 5. The molecule has 4 heterocycles. The van der Waals surface area contributed by atoms with Crippen LogP contribution in [0.4, 0.5) is 5.95 Å². The highest BCUT2D eigenvalue weighted by atomic mass is 16.5. The molecule has 2 unspecified atom stereocenters. The SMILES string of the molecule is C1=C(c2cnc(N3CCCC3)nc2)CC2COCC1N2Cc1ccccc1.